The van der Waals surface area contributed by atoms with Crippen LogP contribution >= 0.6 is 39.1 Å². The zero-order valence-electron chi connectivity index (χ0n) is 11.2. The molecule has 2 rings (SSSR count). The second-order valence-electron chi connectivity index (χ2n) is 4.73. The van der Waals surface area contributed by atoms with Crippen molar-refractivity contribution in [3.05, 3.63) is 44.9 Å². The normalized spacial score (nSPS) is 11.7. The second-order valence-corrected chi connectivity index (χ2v) is 6.36. The molecule has 0 amide bonds. The molecule has 0 aliphatic heterocycles. The maximum absolute atomic E-state index is 6.28. The van der Waals surface area contributed by atoms with Crippen molar-refractivity contribution >= 4 is 39.1 Å². The predicted molar refractivity (Wildman–Crippen MR) is 85.2 cm³/mol. The quantitative estimate of drug-likeness (QED) is 0.700. The molecule has 106 valence electrons. The van der Waals surface area contributed by atoms with Crippen LogP contribution in [0.2, 0.25) is 10.3 Å². The van der Waals surface area contributed by atoms with Gasteiger partial charge in [0.1, 0.15) is 15.9 Å². The van der Waals surface area contributed by atoms with Crippen LogP contribution in [0.4, 0.5) is 0 Å². The standard InChI is InChI=1S/C14H13BrCl2N2O/c1-14(2,20-3)13-18-11(16)10(12(17)19-13)8-5-4-6-9(15)7-8/h4-7H,1-3H3. The van der Waals surface area contributed by atoms with Crippen molar-refractivity contribution in [3.63, 3.8) is 0 Å². The lowest BCUT2D eigenvalue weighted by Gasteiger charge is -2.22. The lowest BCUT2D eigenvalue weighted by atomic mass is 10.1. The topological polar surface area (TPSA) is 35.0 Å². The summed E-state index contributed by atoms with van der Waals surface area (Å²) in [5, 5.41) is 0.617. The molecule has 0 aliphatic rings. The fourth-order valence-corrected chi connectivity index (χ4v) is 2.66. The zero-order chi connectivity index (χ0) is 14.9. The van der Waals surface area contributed by atoms with Gasteiger partial charge in [0, 0.05) is 11.6 Å². The Balaban J connectivity index is 2.58. The highest BCUT2D eigenvalue weighted by atomic mass is 79.9. The van der Waals surface area contributed by atoms with Crippen molar-refractivity contribution in [3.8, 4) is 11.1 Å². The Hall–Kier alpha value is -0.680. The molecule has 1 heterocycles. The first kappa shape index (κ1) is 15.7. The Kier molecular flexibility index (Phi) is 4.69. The maximum Gasteiger partial charge on any atom is 0.163 e. The van der Waals surface area contributed by atoms with E-state index in [2.05, 4.69) is 25.9 Å². The van der Waals surface area contributed by atoms with Gasteiger partial charge in [-0.1, -0.05) is 51.3 Å². The van der Waals surface area contributed by atoms with E-state index in [1.165, 1.54) is 0 Å². The summed E-state index contributed by atoms with van der Waals surface area (Å²) >= 11 is 16.0. The van der Waals surface area contributed by atoms with Crippen molar-refractivity contribution < 1.29 is 4.74 Å². The monoisotopic (exact) mass is 374 g/mol. The predicted octanol–water partition coefficient (Wildman–Crippen LogP) is 5.09. The number of aromatic nitrogens is 2. The average molecular weight is 376 g/mol. The van der Waals surface area contributed by atoms with Crippen LogP contribution in [0.3, 0.4) is 0 Å². The highest BCUT2D eigenvalue weighted by molar-refractivity contribution is 9.10. The van der Waals surface area contributed by atoms with Crippen LogP contribution in [0, 0.1) is 0 Å². The molecule has 0 N–H and O–H groups in total. The largest absolute Gasteiger partial charge is 0.371 e. The van der Waals surface area contributed by atoms with E-state index in [1.807, 2.05) is 38.1 Å². The lowest BCUT2D eigenvalue weighted by molar-refractivity contribution is 0.0115. The summed E-state index contributed by atoms with van der Waals surface area (Å²) in [6.45, 7) is 3.71. The molecular formula is C14H13BrCl2N2O. The average Bonchev–Trinajstić information content (AvgIpc) is 2.38. The zero-order valence-corrected chi connectivity index (χ0v) is 14.3. The smallest absolute Gasteiger partial charge is 0.163 e. The molecule has 0 aliphatic carbocycles. The minimum atomic E-state index is -0.650. The Labute approximate surface area is 136 Å². The van der Waals surface area contributed by atoms with Crippen molar-refractivity contribution in [2.24, 2.45) is 0 Å². The van der Waals surface area contributed by atoms with Crippen LogP contribution < -0.4 is 0 Å². The molecule has 1 aromatic carbocycles. The maximum atomic E-state index is 6.28. The van der Waals surface area contributed by atoms with Crippen LogP contribution in [0.25, 0.3) is 11.1 Å². The minimum absolute atomic E-state index is 0.309. The molecular weight excluding hydrogens is 363 g/mol. The molecule has 0 atom stereocenters. The lowest BCUT2D eigenvalue weighted by Crippen LogP contribution is -2.23. The number of hydrogen-bond acceptors (Lipinski definition) is 3. The summed E-state index contributed by atoms with van der Waals surface area (Å²) in [6.07, 6.45) is 0. The number of methoxy groups -OCH3 is 1. The Bertz CT molecular complexity index is 624. The molecule has 0 saturated carbocycles. The van der Waals surface area contributed by atoms with E-state index in [-0.39, 0.29) is 0 Å². The molecule has 2 aromatic rings. The second kappa shape index (κ2) is 5.98. The van der Waals surface area contributed by atoms with Gasteiger partial charge < -0.3 is 4.74 Å². The molecule has 0 saturated heterocycles. The Morgan fingerprint density at radius 3 is 2.25 bits per heavy atom. The first-order chi connectivity index (χ1) is 9.35. The van der Waals surface area contributed by atoms with E-state index in [9.17, 15) is 0 Å². The SMILES string of the molecule is COC(C)(C)c1nc(Cl)c(-c2cccc(Br)c2)c(Cl)n1. The Morgan fingerprint density at radius 2 is 1.75 bits per heavy atom. The van der Waals surface area contributed by atoms with Gasteiger partial charge in [-0.15, -0.1) is 0 Å². The molecule has 0 bridgehead atoms. The van der Waals surface area contributed by atoms with Gasteiger partial charge >= 0.3 is 0 Å². The van der Waals surface area contributed by atoms with Gasteiger partial charge in [-0.05, 0) is 31.5 Å². The van der Waals surface area contributed by atoms with Gasteiger partial charge in [0.05, 0.1) is 5.56 Å². The summed E-state index contributed by atoms with van der Waals surface area (Å²) in [5.74, 6) is 0.453. The van der Waals surface area contributed by atoms with Gasteiger partial charge in [0.2, 0.25) is 0 Å². The first-order valence-corrected chi connectivity index (χ1v) is 7.44. The fourth-order valence-electron chi connectivity index (χ4n) is 1.65. The van der Waals surface area contributed by atoms with Crippen LogP contribution in [0.1, 0.15) is 19.7 Å². The van der Waals surface area contributed by atoms with E-state index in [1.54, 1.807) is 7.11 Å². The summed E-state index contributed by atoms with van der Waals surface area (Å²) in [5.41, 5.74) is 0.824. The highest BCUT2D eigenvalue weighted by Crippen LogP contribution is 2.35. The summed E-state index contributed by atoms with van der Waals surface area (Å²) < 4.78 is 6.28. The molecule has 0 spiro atoms. The third-order valence-corrected chi connectivity index (χ3v) is 4.02. The van der Waals surface area contributed by atoms with Gasteiger partial charge in [0.15, 0.2) is 5.82 Å². The molecule has 3 nitrogen and oxygen atoms in total. The van der Waals surface area contributed by atoms with Crippen LogP contribution in [0.5, 0.6) is 0 Å². The fraction of sp³-hybridized carbons (Fsp3) is 0.286. The van der Waals surface area contributed by atoms with Gasteiger partial charge in [-0.3, -0.25) is 0 Å². The molecule has 6 heteroatoms. The number of halogens is 3. The van der Waals surface area contributed by atoms with E-state index in [0.29, 0.717) is 21.7 Å². The number of ether oxygens (including phenoxy) is 1. The molecule has 1 aromatic heterocycles. The number of nitrogens with zero attached hydrogens (tertiary/aromatic N) is 2. The third-order valence-electron chi connectivity index (χ3n) is 2.98. The Morgan fingerprint density at radius 1 is 1.15 bits per heavy atom. The first-order valence-electron chi connectivity index (χ1n) is 5.90. The van der Waals surface area contributed by atoms with Crippen LogP contribution in [-0.4, -0.2) is 17.1 Å². The molecule has 0 unspecified atom stereocenters. The minimum Gasteiger partial charge on any atom is -0.371 e. The number of rotatable bonds is 3. The van der Waals surface area contributed by atoms with Crippen molar-refractivity contribution in [2.75, 3.05) is 7.11 Å². The number of benzene rings is 1. The van der Waals surface area contributed by atoms with E-state index in [0.717, 1.165) is 10.0 Å². The van der Waals surface area contributed by atoms with E-state index >= 15 is 0 Å². The van der Waals surface area contributed by atoms with Gasteiger partial charge in [-0.2, -0.15) is 0 Å². The van der Waals surface area contributed by atoms with Crippen molar-refractivity contribution in [1.29, 1.82) is 0 Å². The third kappa shape index (κ3) is 3.14. The number of hydrogen-bond donors (Lipinski definition) is 0. The van der Waals surface area contributed by atoms with E-state index in [4.69, 9.17) is 27.9 Å². The van der Waals surface area contributed by atoms with E-state index < -0.39 is 5.60 Å². The molecule has 0 radical (unpaired) electrons. The van der Waals surface area contributed by atoms with Gasteiger partial charge in [0.25, 0.3) is 0 Å². The highest BCUT2D eigenvalue weighted by Gasteiger charge is 2.26. The van der Waals surface area contributed by atoms with Crippen LogP contribution in [0.15, 0.2) is 28.7 Å². The van der Waals surface area contributed by atoms with Crippen molar-refractivity contribution in [2.45, 2.75) is 19.4 Å². The van der Waals surface area contributed by atoms with Gasteiger partial charge in [-0.25, -0.2) is 9.97 Å². The molecule has 20 heavy (non-hydrogen) atoms. The summed E-state index contributed by atoms with van der Waals surface area (Å²) in [6, 6.07) is 7.65. The van der Waals surface area contributed by atoms with Crippen LogP contribution in [-0.2, 0) is 10.3 Å². The summed E-state index contributed by atoms with van der Waals surface area (Å²) in [4.78, 5) is 8.62. The van der Waals surface area contributed by atoms with Crippen molar-refractivity contribution in [1.82, 2.24) is 9.97 Å². The molecule has 0 fully saturated rings. The summed E-state index contributed by atoms with van der Waals surface area (Å²) in [7, 11) is 1.59.